The second kappa shape index (κ2) is 6.76. The zero-order valence-electron chi connectivity index (χ0n) is 12.7. The van der Waals surface area contributed by atoms with E-state index in [1.54, 1.807) is 19.1 Å². The van der Waals surface area contributed by atoms with Gasteiger partial charge in [0.2, 0.25) is 5.91 Å². The van der Waals surface area contributed by atoms with E-state index in [4.69, 9.17) is 11.6 Å². The Bertz CT molecular complexity index is 692. The molecule has 0 spiro atoms. The third-order valence-corrected chi connectivity index (χ3v) is 5.07. The van der Waals surface area contributed by atoms with Crippen molar-refractivity contribution in [3.05, 3.63) is 39.8 Å². The lowest BCUT2D eigenvalue weighted by Crippen LogP contribution is -2.49. The van der Waals surface area contributed by atoms with Crippen LogP contribution >= 0.6 is 23.4 Å². The molecule has 5 nitrogen and oxygen atoms in total. The number of thioether (sulfide) groups is 1. The van der Waals surface area contributed by atoms with Gasteiger partial charge in [-0.2, -0.15) is 4.99 Å². The van der Waals surface area contributed by atoms with Crippen molar-refractivity contribution in [1.82, 2.24) is 9.80 Å². The van der Waals surface area contributed by atoms with Crippen molar-refractivity contribution < 1.29 is 9.59 Å². The molecule has 0 aliphatic carbocycles. The number of piperazine rings is 1. The highest BCUT2D eigenvalue weighted by molar-refractivity contribution is 8.18. The molecule has 1 saturated heterocycles. The maximum absolute atomic E-state index is 12.1. The third-order valence-electron chi connectivity index (χ3n) is 3.77. The average molecular weight is 350 g/mol. The lowest BCUT2D eigenvalue weighted by Gasteiger charge is -2.34. The van der Waals surface area contributed by atoms with E-state index in [0.717, 1.165) is 10.7 Å². The molecule has 1 fully saturated rings. The minimum Gasteiger partial charge on any atom is -0.347 e. The zero-order chi connectivity index (χ0) is 16.4. The number of hydrogen-bond acceptors (Lipinski definition) is 4. The van der Waals surface area contributed by atoms with Crippen molar-refractivity contribution in [2.75, 3.05) is 26.2 Å². The summed E-state index contributed by atoms with van der Waals surface area (Å²) in [6.07, 6.45) is 1.83. The molecule has 1 aromatic rings. The second-order valence-electron chi connectivity index (χ2n) is 5.35. The van der Waals surface area contributed by atoms with E-state index in [9.17, 15) is 9.59 Å². The third kappa shape index (κ3) is 3.76. The zero-order valence-corrected chi connectivity index (χ0v) is 14.2. The van der Waals surface area contributed by atoms with Gasteiger partial charge in [0.25, 0.3) is 5.91 Å². The van der Waals surface area contributed by atoms with E-state index in [1.165, 1.54) is 11.8 Å². The monoisotopic (exact) mass is 349 g/mol. The number of carbonyl (C=O) groups excluding carboxylic acids is 2. The molecule has 0 atom stereocenters. The molecule has 7 heteroatoms. The highest BCUT2D eigenvalue weighted by Crippen LogP contribution is 2.30. The van der Waals surface area contributed by atoms with Gasteiger partial charge in [-0.15, -0.1) is 0 Å². The Hall–Kier alpha value is -1.79. The molecule has 120 valence electrons. The van der Waals surface area contributed by atoms with Crippen molar-refractivity contribution in [3.63, 3.8) is 0 Å². The minimum atomic E-state index is -0.214. The van der Waals surface area contributed by atoms with Crippen molar-refractivity contribution >= 4 is 46.4 Å². The number of hydrogen-bond donors (Lipinski definition) is 0. The quantitative estimate of drug-likeness (QED) is 0.731. The molecule has 0 N–H and O–H groups in total. The van der Waals surface area contributed by atoms with Gasteiger partial charge in [-0.05, 0) is 35.5 Å². The summed E-state index contributed by atoms with van der Waals surface area (Å²) >= 11 is 7.25. The normalized spacial score (nSPS) is 20.2. The van der Waals surface area contributed by atoms with Crippen LogP contribution in [-0.4, -0.2) is 53.0 Å². The molecule has 2 heterocycles. The number of benzene rings is 1. The summed E-state index contributed by atoms with van der Waals surface area (Å²) in [7, 11) is 0. The molecule has 0 aromatic heterocycles. The number of carbonyl (C=O) groups is 2. The smallest absolute Gasteiger partial charge is 0.286 e. The fraction of sp³-hybridized carbons (Fsp3) is 0.312. The summed E-state index contributed by atoms with van der Waals surface area (Å²) in [5, 5.41) is 1.39. The predicted octanol–water partition coefficient (Wildman–Crippen LogP) is 2.47. The largest absolute Gasteiger partial charge is 0.347 e. The van der Waals surface area contributed by atoms with Crippen LogP contribution < -0.4 is 0 Å². The SMILES string of the molecule is CC(=O)N1CCN(C2=NC(=O)C(=Cc3ccc(Cl)cc3)S2)CC1. The first kappa shape index (κ1) is 16.1. The van der Waals surface area contributed by atoms with Crippen LogP contribution in [0.1, 0.15) is 12.5 Å². The molecule has 0 unspecified atom stereocenters. The molecule has 2 amide bonds. The number of amidine groups is 1. The fourth-order valence-corrected chi connectivity index (χ4v) is 3.55. The standard InChI is InChI=1S/C16H16ClN3O2S/c1-11(21)19-6-8-20(9-7-19)16-18-15(22)14(23-16)10-12-2-4-13(17)5-3-12/h2-5,10H,6-9H2,1H3. The van der Waals surface area contributed by atoms with Crippen LogP contribution in [0.15, 0.2) is 34.2 Å². The van der Waals surface area contributed by atoms with E-state index in [-0.39, 0.29) is 11.8 Å². The van der Waals surface area contributed by atoms with E-state index < -0.39 is 0 Å². The van der Waals surface area contributed by atoms with E-state index in [2.05, 4.69) is 9.89 Å². The minimum absolute atomic E-state index is 0.0880. The van der Waals surface area contributed by atoms with Gasteiger partial charge in [-0.3, -0.25) is 9.59 Å². The molecular formula is C16H16ClN3O2S. The average Bonchev–Trinajstić information content (AvgIpc) is 2.91. The van der Waals surface area contributed by atoms with Gasteiger partial charge in [-0.1, -0.05) is 23.7 Å². The molecular weight excluding hydrogens is 334 g/mol. The van der Waals surface area contributed by atoms with Crippen LogP contribution in [0.2, 0.25) is 5.02 Å². The number of nitrogens with zero attached hydrogens (tertiary/aromatic N) is 3. The van der Waals surface area contributed by atoms with Gasteiger partial charge in [0.05, 0.1) is 4.91 Å². The van der Waals surface area contributed by atoms with E-state index in [0.29, 0.717) is 36.1 Å². The van der Waals surface area contributed by atoms with Crippen molar-refractivity contribution in [2.45, 2.75) is 6.92 Å². The van der Waals surface area contributed by atoms with Gasteiger partial charge in [0.1, 0.15) is 0 Å². The van der Waals surface area contributed by atoms with Crippen molar-refractivity contribution in [1.29, 1.82) is 0 Å². The highest BCUT2D eigenvalue weighted by atomic mass is 35.5. The van der Waals surface area contributed by atoms with Crippen molar-refractivity contribution in [2.24, 2.45) is 4.99 Å². The van der Waals surface area contributed by atoms with Gasteiger partial charge < -0.3 is 9.80 Å². The van der Waals surface area contributed by atoms with Gasteiger partial charge in [-0.25, -0.2) is 0 Å². The fourth-order valence-electron chi connectivity index (χ4n) is 2.46. The Morgan fingerprint density at radius 2 is 1.87 bits per heavy atom. The summed E-state index contributed by atoms with van der Waals surface area (Å²) in [6.45, 7) is 4.31. The second-order valence-corrected chi connectivity index (χ2v) is 6.80. The van der Waals surface area contributed by atoms with E-state index >= 15 is 0 Å². The first-order valence-corrected chi connectivity index (χ1v) is 8.51. The predicted molar refractivity (Wildman–Crippen MR) is 93.3 cm³/mol. The Kier molecular flexibility index (Phi) is 4.73. The van der Waals surface area contributed by atoms with Gasteiger partial charge in [0, 0.05) is 38.1 Å². The topological polar surface area (TPSA) is 53.0 Å². The number of rotatable bonds is 1. The molecule has 0 saturated carbocycles. The molecule has 0 radical (unpaired) electrons. The Balaban J connectivity index is 1.66. The highest BCUT2D eigenvalue weighted by Gasteiger charge is 2.28. The Morgan fingerprint density at radius 3 is 2.48 bits per heavy atom. The Labute approximate surface area is 144 Å². The summed E-state index contributed by atoms with van der Waals surface area (Å²) in [4.78, 5) is 32.1. The van der Waals surface area contributed by atoms with Crippen LogP contribution in [0, 0.1) is 0 Å². The number of aliphatic imine (C=N–C) groups is 1. The lowest BCUT2D eigenvalue weighted by atomic mass is 10.2. The molecule has 0 bridgehead atoms. The van der Waals surface area contributed by atoms with Crippen LogP contribution in [0.5, 0.6) is 0 Å². The molecule has 2 aliphatic rings. The lowest BCUT2D eigenvalue weighted by molar-refractivity contribution is -0.130. The van der Waals surface area contributed by atoms with Crippen LogP contribution in [0.3, 0.4) is 0 Å². The summed E-state index contributed by atoms with van der Waals surface area (Å²) in [5.74, 6) is -0.126. The maximum atomic E-state index is 12.1. The maximum Gasteiger partial charge on any atom is 0.286 e. The summed E-state index contributed by atoms with van der Waals surface area (Å²) in [6, 6.07) is 7.32. The van der Waals surface area contributed by atoms with Gasteiger partial charge in [0.15, 0.2) is 5.17 Å². The van der Waals surface area contributed by atoms with E-state index in [1.807, 2.05) is 23.1 Å². The first-order valence-electron chi connectivity index (χ1n) is 7.31. The van der Waals surface area contributed by atoms with Crippen LogP contribution in [0.4, 0.5) is 0 Å². The number of amides is 2. The van der Waals surface area contributed by atoms with Crippen LogP contribution in [-0.2, 0) is 9.59 Å². The molecule has 3 rings (SSSR count). The summed E-state index contributed by atoms with van der Waals surface area (Å²) in [5.41, 5.74) is 0.920. The summed E-state index contributed by atoms with van der Waals surface area (Å²) < 4.78 is 0. The Morgan fingerprint density at radius 1 is 1.22 bits per heavy atom. The molecule has 2 aliphatic heterocycles. The van der Waals surface area contributed by atoms with Gasteiger partial charge >= 0.3 is 0 Å². The van der Waals surface area contributed by atoms with Crippen LogP contribution in [0.25, 0.3) is 6.08 Å². The molecule has 1 aromatic carbocycles. The number of halogens is 1. The first-order chi connectivity index (χ1) is 11.0. The molecule has 23 heavy (non-hydrogen) atoms. The van der Waals surface area contributed by atoms with Crippen molar-refractivity contribution in [3.8, 4) is 0 Å².